The van der Waals surface area contributed by atoms with Gasteiger partial charge in [0.25, 0.3) is 0 Å². The Morgan fingerprint density at radius 2 is 0.650 bits per heavy atom. The van der Waals surface area contributed by atoms with Crippen molar-refractivity contribution in [3.05, 3.63) is 0 Å². The van der Waals surface area contributed by atoms with Gasteiger partial charge in [-0.2, -0.15) is 0 Å². The fourth-order valence-electron chi connectivity index (χ4n) is 7.76. The first-order valence-corrected chi connectivity index (χ1v) is 18.9. The van der Waals surface area contributed by atoms with Gasteiger partial charge in [-0.1, -0.05) is 116 Å². The molecule has 0 radical (unpaired) electrons. The van der Waals surface area contributed by atoms with Crippen molar-refractivity contribution < 1.29 is 8.97 Å². The van der Waals surface area contributed by atoms with Gasteiger partial charge >= 0.3 is 0 Å². The third-order valence-electron chi connectivity index (χ3n) is 10.5. The molecule has 0 aromatic heterocycles. The Bertz CT molecular complexity index is 565. The van der Waals surface area contributed by atoms with E-state index in [1.54, 1.807) is 0 Å². The van der Waals surface area contributed by atoms with Crippen molar-refractivity contribution >= 4 is 0 Å². The Balaban J connectivity index is 1.63. The Morgan fingerprint density at radius 1 is 0.350 bits per heavy atom. The number of likely N-dealkylation sites (tertiary alicyclic amines) is 2. The molecule has 2 rings (SSSR count). The highest BCUT2D eigenvalue weighted by atomic mass is 15.4. The maximum absolute atomic E-state index is 3.68. The van der Waals surface area contributed by atoms with Crippen LogP contribution in [0.1, 0.15) is 181 Å². The van der Waals surface area contributed by atoms with Gasteiger partial charge in [-0.05, 0) is 64.2 Å². The molecule has 2 aliphatic heterocycles. The lowest BCUT2D eigenvalue weighted by atomic mass is 10.0. The highest BCUT2D eigenvalue weighted by Gasteiger charge is 2.29. The van der Waals surface area contributed by atoms with Gasteiger partial charge in [-0.25, -0.2) is 0 Å². The van der Waals surface area contributed by atoms with Crippen LogP contribution in [0.3, 0.4) is 0 Å². The third-order valence-corrected chi connectivity index (χ3v) is 10.5. The van der Waals surface area contributed by atoms with E-state index in [2.05, 4.69) is 25.7 Å². The summed E-state index contributed by atoms with van der Waals surface area (Å²) >= 11 is 0. The molecular weight excluding hydrogens is 484 g/mol. The molecule has 0 atom stereocenters. The van der Waals surface area contributed by atoms with E-state index in [9.17, 15) is 0 Å². The standard InChI is InChI=1S/C38H74N2/c1-3-5-7-9-11-13-15-17-23-31-39(35-27-21-28-36-39)33-25-19-20-26-34-40(37-29-22-30-38-40)32-24-18-16-14-12-10-8-6-4-2/h3-18,21-38H2,1-2H3/q+2. The lowest BCUT2D eigenvalue weighted by Crippen LogP contribution is -2.52. The van der Waals surface area contributed by atoms with Crippen molar-refractivity contribution in [3.8, 4) is 11.8 Å². The molecule has 40 heavy (non-hydrogen) atoms. The number of unbranched alkanes of at least 4 members (excludes halogenated alkanes) is 16. The lowest BCUT2D eigenvalue weighted by molar-refractivity contribution is -0.932. The Kier molecular flexibility index (Phi) is 21.4. The van der Waals surface area contributed by atoms with Gasteiger partial charge in [0.2, 0.25) is 0 Å². The molecule has 0 aliphatic carbocycles. The number of rotatable bonds is 24. The molecule has 0 amide bonds. The molecule has 2 fully saturated rings. The first-order valence-electron chi connectivity index (χ1n) is 18.9. The zero-order valence-electron chi connectivity index (χ0n) is 27.9. The fraction of sp³-hybridized carbons (Fsp3) is 0.947. The number of piperidine rings is 2. The van der Waals surface area contributed by atoms with Crippen LogP contribution in [-0.4, -0.2) is 61.3 Å². The largest absolute Gasteiger partial charge is 0.323 e. The van der Waals surface area contributed by atoms with Gasteiger partial charge in [-0.3, -0.25) is 0 Å². The van der Waals surface area contributed by atoms with E-state index in [0.717, 1.165) is 12.8 Å². The average molecular weight is 559 g/mol. The number of hydrogen-bond acceptors (Lipinski definition) is 0. The van der Waals surface area contributed by atoms with Crippen molar-refractivity contribution in [1.29, 1.82) is 0 Å². The molecule has 2 saturated heterocycles. The maximum atomic E-state index is 3.68. The van der Waals surface area contributed by atoms with Crippen molar-refractivity contribution in [2.24, 2.45) is 0 Å². The van der Waals surface area contributed by atoms with Gasteiger partial charge in [0.05, 0.1) is 65.2 Å². The van der Waals surface area contributed by atoms with E-state index in [0.29, 0.717) is 0 Å². The second-order valence-electron chi connectivity index (χ2n) is 14.1. The van der Waals surface area contributed by atoms with E-state index in [-0.39, 0.29) is 0 Å². The van der Waals surface area contributed by atoms with Gasteiger partial charge in [0.15, 0.2) is 0 Å². The predicted octanol–water partition coefficient (Wildman–Crippen LogP) is 10.8. The predicted molar refractivity (Wildman–Crippen MR) is 179 cm³/mol. The van der Waals surface area contributed by atoms with Gasteiger partial charge in [0, 0.05) is 0 Å². The first kappa shape index (κ1) is 35.7. The van der Waals surface area contributed by atoms with Gasteiger partial charge in [0.1, 0.15) is 0 Å². The summed E-state index contributed by atoms with van der Waals surface area (Å²) in [6.45, 7) is 15.8. The van der Waals surface area contributed by atoms with E-state index in [1.807, 2.05) is 0 Å². The molecule has 0 saturated carbocycles. The Labute approximate surface area is 253 Å². The zero-order chi connectivity index (χ0) is 28.5. The second-order valence-corrected chi connectivity index (χ2v) is 14.1. The van der Waals surface area contributed by atoms with E-state index >= 15 is 0 Å². The molecule has 0 spiro atoms. The molecule has 2 heteroatoms. The minimum absolute atomic E-state index is 1.13. The van der Waals surface area contributed by atoms with E-state index in [4.69, 9.17) is 0 Å². The molecule has 0 aromatic carbocycles. The molecule has 234 valence electrons. The van der Waals surface area contributed by atoms with Gasteiger partial charge < -0.3 is 8.97 Å². The number of nitrogens with zero attached hydrogens (tertiary/aromatic N) is 2. The van der Waals surface area contributed by atoms with Gasteiger partial charge in [-0.15, -0.1) is 0 Å². The topological polar surface area (TPSA) is 0 Å². The van der Waals surface area contributed by atoms with Crippen LogP contribution in [0.25, 0.3) is 0 Å². The zero-order valence-corrected chi connectivity index (χ0v) is 27.9. The molecule has 2 nitrogen and oxygen atoms in total. The average Bonchev–Trinajstić information content (AvgIpc) is 2.98. The van der Waals surface area contributed by atoms with Crippen LogP contribution in [0.4, 0.5) is 0 Å². The van der Waals surface area contributed by atoms with Crippen molar-refractivity contribution in [2.75, 3.05) is 52.4 Å². The minimum Gasteiger partial charge on any atom is -0.323 e. The molecule has 0 bridgehead atoms. The number of hydrogen-bond donors (Lipinski definition) is 0. The summed E-state index contributed by atoms with van der Waals surface area (Å²) in [4.78, 5) is 0. The van der Waals surface area contributed by atoms with Crippen LogP contribution < -0.4 is 0 Å². The summed E-state index contributed by atoms with van der Waals surface area (Å²) < 4.78 is 2.79. The molecule has 2 aliphatic rings. The summed E-state index contributed by atoms with van der Waals surface area (Å²) in [7, 11) is 0. The maximum Gasteiger partial charge on any atom is 0.0897 e. The monoisotopic (exact) mass is 559 g/mol. The summed E-state index contributed by atoms with van der Waals surface area (Å²) in [5.41, 5.74) is 0. The summed E-state index contributed by atoms with van der Waals surface area (Å²) in [6, 6.07) is 0. The van der Waals surface area contributed by atoms with Crippen molar-refractivity contribution in [2.45, 2.75) is 181 Å². The van der Waals surface area contributed by atoms with Crippen LogP contribution in [0.2, 0.25) is 0 Å². The van der Waals surface area contributed by atoms with Crippen LogP contribution in [0.5, 0.6) is 0 Å². The van der Waals surface area contributed by atoms with Crippen LogP contribution >= 0.6 is 0 Å². The van der Waals surface area contributed by atoms with E-state index in [1.165, 1.54) is 215 Å². The first-order chi connectivity index (χ1) is 19.7. The minimum atomic E-state index is 1.13. The molecule has 0 aromatic rings. The molecule has 2 heterocycles. The van der Waals surface area contributed by atoms with Crippen molar-refractivity contribution in [1.82, 2.24) is 0 Å². The SMILES string of the molecule is CCCCCCCCCCC[N+]1(CCC#CCC[N+]2(CCCCCCCCCCC)CCCCC2)CCCCC1. The Morgan fingerprint density at radius 3 is 0.975 bits per heavy atom. The van der Waals surface area contributed by atoms with Crippen molar-refractivity contribution in [3.63, 3.8) is 0 Å². The molecular formula is C38H74N2+2. The second kappa shape index (κ2) is 24.0. The fourth-order valence-corrected chi connectivity index (χ4v) is 7.76. The highest BCUT2D eigenvalue weighted by Crippen LogP contribution is 2.23. The lowest BCUT2D eigenvalue weighted by Gasteiger charge is -2.41. The summed E-state index contributed by atoms with van der Waals surface area (Å²) in [5, 5.41) is 0. The highest BCUT2D eigenvalue weighted by molar-refractivity contribution is 4.98. The van der Waals surface area contributed by atoms with E-state index < -0.39 is 0 Å². The van der Waals surface area contributed by atoms with Crippen LogP contribution in [-0.2, 0) is 0 Å². The summed E-state index contributed by atoms with van der Waals surface area (Å²) in [5.74, 6) is 7.36. The smallest absolute Gasteiger partial charge is 0.0897 e. The number of quaternary nitrogens is 2. The molecule has 0 unspecified atom stereocenters. The van der Waals surface area contributed by atoms with Crippen LogP contribution in [0, 0.1) is 11.8 Å². The van der Waals surface area contributed by atoms with Crippen LogP contribution in [0.15, 0.2) is 0 Å². The molecule has 0 N–H and O–H groups in total. The quantitative estimate of drug-likeness (QED) is 0.0628. The third kappa shape index (κ3) is 16.8. The summed E-state index contributed by atoms with van der Waals surface area (Å²) in [6.07, 6.45) is 37.0. The Hall–Kier alpha value is -0.520. The normalized spacial score (nSPS) is 18.4.